The zero-order valence-corrected chi connectivity index (χ0v) is 11.8. The molecule has 0 aromatic carbocycles. The summed E-state index contributed by atoms with van der Waals surface area (Å²) in [6.45, 7) is 3.13. The Labute approximate surface area is 112 Å². The fraction of sp³-hybridized carbons (Fsp3) is 0.833. The lowest BCUT2D eigenvalue weighted by molar-refractivity contribution is -0.203. The minimum atomic E-state index is -0.481. The van der Waals surface area contributed by atoms with Crippen LogP contribution in [0.3, 0.4) is 0 Å². The van der Waals surface area contributed by atoms with Crippen molar-refractivity contribution in [2.75, 3.05) is 31.8 Å². The van der Waals surface area contributed by atoms with Crippen molar-refractivity contribution in [3.63, 3.8) is 0 Å². The quantitative estimate of drug-likeness (QED) is 0.745. The molecule has 0 aromatic heterocycles. The van der Waals surface area contributed by atoms with Gasteiger partial charge in [-0.05, 0) is 18.9 Å². The minimum Gasteiger partial charge on any atom is -0.356 e. The minimum absolute atomic E-state index is 0.0512. The molecule has 1 amide bonds. The molecule has 18 heavy (non-hydrogen) atoms. The van der Waals surface area contributed by atoms with E-state index in [-0.39, 0.29) is 24.0 Å². The molecule has 0 radical (unpaired) electrons. The van der Waals surface area contributed by atoms with Crippen molar-refractivity contribution in [1.82, 2.24) is 5.32 Å². The Morgan fingerprint density at radius 3 is 2.56 bits per heavy atom. The Morgan fingerprint density at radius 1 is 1.33 bits per heavy atom. The molecule has 6 heteroatoms. The topological polar surface area (TPSA) is 64.6 Å². The van der Waals surface area contributed by atoms with E-state index in [1.54, 1.807) is 11.8 Å². The lowest BCUT2D eigenvalue weighted by atomic mass is 10.1. The van der Waals surface area contributed by atoms with Crippen LogP contribution in [-0.4, -0.2) is 49.7 Å². The molecule has 1 aliphatic rings. The average Bonchev–Trinajstić information content (AvgIpc) is 2.37. The summed E-state index contributed by atoms with van der Waals surface area (Å²) in [7, 11) is 0. The first-order valence-electron chi connectivity index (χ1n) is 6.19. The van der Waals surface area contributed by atoms with E-state index in [9.17, 15) is 9.59 Å². The molecule has 0 spiro atoms. The van der Waals surface area contributed by atoms with E-state index in [2.05, 4.69) is 5.32 Å². The lowest BCUT2D eigenvalue weighted by Gasteiger charge is -2.28. The predicted molar refractivity (Wildman–Crippen MR) is 70.5 cm³/mol. The smallest absolute Gasteiger partial charge is 0.227 e. The fourth-order valence-corrected chi connectivity index (χ4v) is 2.07. The second-order valence-electron chi connectivity index (χ2n) is 4.17. The number of carbonyl (C=O) groups excluding carboxylic acids is 2. The van der Waals surface area contributed by atoms with Crippen LogP contribution in [0.2, 0.25) is 0 Å². The van der Waals surface area contributed by atoms with Crippen LogP contribution in [0.1, 0.15) is 19.8 Å². The maximum Gasteiger partial charge on any atom is 0.227 e. The molecule has 1 heterocycles. The number of ketones is 1. The number of nitrogens with one attached hydrogen (secondary N) is 1. The van der Waals surface area contributed by atoms with Crippen molar-refractivity contribution in [3.8, 4) is 0 Å². The van der Waals surface area contributed by atoms with Gasteiger partial charge in [-0.25, -0.2) is 0 Å². The molecule has 104 valence electrons. The van der Waals surface area contributed by atoms with Gasteiger partial charge < -0.3 is 14.8 Å². The Morgan fingerprint density at radius 2 is 2.00 bits per heavy atom. The van der Waals surface area contributed by atoms with Crippen LogP contribution in [0.15, 0.2) is 0 Å². The Hall–Kier alpha value is -0.590. The first-order chi connectivity index (χ1) is 8.67. The fourth-order valence-electron chi connectivity index (χ4n) is 1.63. The first kappa shape index (κ1) is 15.5. The monoisotopic (exact) mass is 275 g/mol. The van der Waals surface area contributed by atoms with Crippen molar-refractivity contribution in [2.24, 2.45) is 5.92 Å². The summed E-state index contributed by atoms with van der Waals surface area (Å²) >= 11 is 1.65. The van der Waals surface area contributed by atoms with Gasteiger partial charge in [-0.15, -0.1) is 0 Å². The number of hydrogen-bond acceptors (Lipinski definition) is 5. The highest BCUT2D eigenvalue weighted by molar-refractivity contribution is 7.98. The molecule has 1 rings (SSSR count). The summed E-state index contributed by atoms with van der Waals surface area (Å²) in [4.78, 5) is 23.1. The summed E-state index contributed by atoms with van der Waals surface area (Å²) in [5.41, 5.74) is 0. The molecule has 5 nitrogen and oxygen atoms in total. The van der Waals surface area contributed by atoms with E-state index in [0.29, 0.717) is 26.2 Å². The molecule has 0 aliphatic carbocycles. The number of Topliss-reactive ketones (excluding diaryl/α,β-unsaturated/α-hetero) is 1. The summed E-state index contributed by atoms with van der Waals surface area (Å²) in [5, 5.41) is 2.73. The molecule has 0 unspecified atom stereocenters. The maximum absolute atomic E-state index is 11.5. The van der Waals surface area contributed by atoms with Crippen molar-refractivity contribution in [3.05, 3.63) is 0 Å². The Balaban J connectivity index is 2.22. The van der Waals surface area contributed by atoms with E-state index in [1.165, 1.54) is 0 Å². The van der Waals surface area contributed by atoms with Crippen LogP contribution in [0, 0.1) is 5.92 Å². The van der Waals surface area contributed by atoms with Crippen molar-refractivity contribution < 1.29 is 19.1 Å². The molecule has 0 atom stereocenters. The number of rotatable bonds is 7. The molecule has 0 aromatic rings. The second-order valence-corrected chi connectivity index (χ2v) is 5.16. The van der Waals surface area contributed by atoms with E-state index in [0.717, 1.165) is 5.75 Å². The molecule has 1 fully saturated rings. The zero-order chi connectivity index (χ0) is 13.4. The van der Waals surface area contributed by atoms with Gasteiger partial charge >= 0.3 is 0 Å². The SMILES string of the molecule is CCNC(=O)C1COC(CC(=O)CCSC)OC1. The molecule has 1 N–H and O–H groups in total. The third kappa shape index (κ3) is 5.37. The van der Waals surface area contributed by atoms with Gasteiger partial charge in [0.2, 0.25) is 5.91 Å². The zero-order valence-electron chi connectivity index (χ0n) is 10.9. The van der Waals surface area contributed by atoms with Gasteiger partial charge in [0.1, 0.15) is 5.78 Å². The van der Waals surface area contributed by atoms with Gasteiger partial charge in [-0.2, -0.15) is 11.8 Å². The van der Waals surface area contributed by atoms with E-state index in [4.69, 9.17) is 9.47 Å². The maximum atomic E-state index is 11.5. The highest BCUT2D eigenvalue weighted by Gasteiger charge is 2.28. The third-order valence-electron chi connectivity index (χ3n) is 2.67. The van der Waals surface area contributed by atoms with Crippen LogP contribution in [0.25, 0.3) is 0 Å². The van der Waals surface area contributed by atoms with E-state index < -0.39 is 6.29 Å². The summed E-state index contributed by atoms with van der Waals surface area (Å²) in [6, 6.07) is 0. The Bertz CT molecular complexity index is 277. The van der Waals surface area contributed by atoms with Crippen LogP contribution < -0.4 is 5.32 Å². The van der Waals surface area contributed by atoms with Crippen molar-refractivity contribution in [2.45, 2.75) is 26.1 Å². The third-order valence-corrected chi connectivity index (χ3v) is 3.28. The normalized spacial score (nSPS) is 23.7. The lowest BCUT2D eigenvalue weighted by Crippen LogP contribution is -2.42. The number of amides is 1. The molecule has 0 bridgehead atoms. The average molecular weight is 275 g/mol. The molecular formula is C12H21NO4S. The van der Waals surface area contributed by atoms with Gasteiger partial charge in [-0.1, -0.05) is 0 Å². The molecular weight excluding hydrogens is 254 g/mol. The van der Waals surface area contributed by atoms with Gasteiger partial charge in [0, 0.05) is 13.0 Å². The first-order valence-corrected chi connectivity index (χ1v) is 7.58. The van der Waals surface area contributed by atoms with Gasteiger partial charge in [-0.3, -0.25) is 9.59 Å². The highest BCUT2D eigenvalue weighted by Crippen LogP contribution is 2.15. The van der Waals surface area contributed by atoms with Crippen LogP contribution in [-0.2, 0) is 19.1 Å². The standard InChI is InChI=1S/C12H21NO4S/c1-3-13-12(15)9-7-16-11(17-8-9)6-10(14)4-5-18-2/h9,11H,3-8H2,1-2H3,(H,13,15). The van der Waals surface area contributed by atoms with Gasteiger partial charge in [0.05, 0.1) is 25.6 Å². The molecule has 1 saturated heterocycles. The van der Waals surface area contributed by atoms with Crippen LogP contribution in [0.4, 0.5) is 0 Å². The number of hydrogen-bond donors (Lipinski definition) is 1. The summed E-state index contributed by atoms with van der Waals surface area (Å²) in [6.07, 6.45) is 2.31. The number of carbonyl (C=O) groups is 2. The van der Waals surface area contributed by atoms with Crippen molar-refractivity contribution >= 4 is 23.5 Å². The van der Waals surface area contributed by atoms with Gasteiger partial charge in [0.25, 0.3) is 0 Å². The largest absolute Gasteiger partial charge is 0.356 e. The van der Waals surface area contributed by atoms with E-state index in [1.807, 2.05) is 13.2 Å². The summed E-state index contributed by atoms with van der Waals surface area (Å²) < 4.78 is 10.8. The molecule has 0 saturated carbocycles. The predicted octanol–water partition coefficient (Wildman–Crippen LogP) is 0.824. The summed E-state index contributed by atoms with van der Waals surface area (Å²) in [5.74, 6) is 0.658. The van der Waals surface area contributed by atoms with Crippen LogP contribution in [0.5, 0.6) is 0 Å². The van der Waals surface area contributed by atoms with Gasteiger partial charge in [0.15, 0.2) is 6.29 Å². The highest BCUT2D eigenvalue weighted by atomic mass is 32.2. The van der Waals surface area contributed by atoms with E-state index >= 15 is 0 Å². The van der Waals surface area contributed by atoms with Crippen LogP contribution >= 0.6 is 11.8 Å². The second kappa shape index (κ2) is 8.50. The number of thioether (sulfide) groups is 1. The van der Waals surface area contributed by atoms with Crippen molar-refractivity contribution in [1.29, 1.82) is 0 Å². The molecule has 1 aliphatic heterocycles. The number of ether oxygens (including phenoxy) is 2. The Kier molecular flexibility index (Phi) is 7.31.